The zero-order valence-corrected chi connectivity index (χ0v) is 13.7. The molecule has 1 fully saturated rings. The number of hydrogen-bond acceptors (Lipinski definition) is 3. The third-order valence-corrected chi connectivity index (χ3v) is 4.20. The Morgan fingerprint density at radius 1 is 1.37 bits per heavy atom. The Labute approximate surface area is 120 Å². The molecule has 0 saturated carbocycles. The second-order valence-corrected chi connectivity index (χ2v) is 6.70. The van der Waals surface area contributed by atoms with Gasteiger partial charge in [-0.15, -0.1) is 0 Å². The van der Waals surface area contributed by atoms with Crippen LogP contribution in [0.3, 0.4) is 0 Å². The summed E-state index contributed by atoms with van der Waals surface area (Å²) in [5.41, 5.74) is 0.379. The summed E-state index contributed by atoms with van der Waals surface area (Å²) in [6.07, 6.45) is 3.75. The number of rotatable bonds is 8. The Morgan fingerprint density at radius 3 is 2.68 bits per heavy atom. The van der Waals surface area contributed by atoms with Gasteiger partial charge in [0.05, 0.1) is 13.2 Å². The minimum absolute atomic E-state index is 0.379. The van der Waals surface area contributed by atoms with Crippen molar-refractivity contribution >= 4 is 0 Å². The highest BCUT2D eigenvalue weighted by Crippen LogP contribution is 2.26. The topological polar surface area (TPSA) is 24.5 Å². The molecule has 1 heterocycles. The zero-order valence-electron chi connectivity index (χ0n) is 13.7. The second kappa shape index (κ2) is 8.23. The van der Waals surface area contributed by atoms with Crippen molar-refractivity contribution in [3.63, 3.8) is 0 Å². The van der Waals surface area contributed by atoms with Gasteiger partial charge in [0.15, 0.2) is 0 Å². The monoisotopic (exact) mass is 270 g/mol. The third kappa shape index (κ3) is 5.80. The van der Waals surface area contributed by atoms with Crippen LogP contribution in [0.5, 0.6) is 0 Å². The molecule has 3 heteroatoms. The summed E-state index contributed by atoms with van der Waals surface area (Å²) in [5.74, 6) is 0. The minimum Gasteiger partial charge on any atom is -0.378 e. The molecule has 114 valence electrons. The fourth-order valence-electron chi connectivity index (χ4n) is 3.04. The van der Waals surface area contributed by atoms with Crippen molar-refractivity contribution in [2.75, 3.05) is 32.8 Å². The van der Waals surface area contributed by atoms with Crippen LogP contribution in [0.4, 0.5) is 0 Å². The first-order chi connectivity index (χ1) is 9.00. The number of morpholine rings is 1. The Bertz CT molecular complexity index is 245. The number of hydrogen-bond donors (Lipinski definition) is 1. The highest BCUT2D eigenvalue weighted by Gasteiger charge is 2.30. The van der Waals surface area contributed by atoms with Crippen LogP contribution in [0.2, 0.25) is 0 Å². The van der Waals surface area contributed by atoms with Crippen molar-refractivity contribution < 1.29 is 4.74 Å². The van der Waals surface area contributed by atoms with E-state index in [-0.39, 0.29) is 0 Å². The molecule has 1 rings (SSSR count). The summed E-state index contributed by atoms with van der Waals surface area (Å²) in [4.78, 5) is 2.65. The summed E-state index contributed by atoms with van der Waals surface area (Å²) in [6, 6.07) is 1.19. The molecule has 2 atom stereocenters. The van der Waals surface area contributed by atoms with Gasteiger partial charge in [-0.3, -0.25) is 4.90 Å². The first kappa shape index (κ1) is 16.9. The maximum atomic E-state index is 5.62. The van der Waals surface area contributed by atoms with Crippen molar-refractivity contribution in [2.45, 2.75) is 66.0 Å². The van der Waals surface area contributed by atoms with E-state index in [4.69, 9.17) is 4.74 Å². The lowest BCUT2D eigenvalue weighted by Crippen LogP contribution is -2.51. The fourth-order valence-corrected chi connectivity index (χ4v) is 3.04. The molecule has 1 aliphatic heterocycles. The van der Waals surface area contributed by atoms with Gasteiger partial charge in [-0.05, 0) is 18.3 Å². The van der Waals surface area contributed by atoms with Crippen LogP contribution < -0.4 is 5.32 Å². The first-order valence-corrected chi connectivity index (χ1v) is 8.06. The maximum absolute atomic E-state index is 5.62. The average molecular weight is 270 g/mol. The van der Waals surface area contributed by atoms with Crippen molar-refractivity contribution in [3.8, 4) is 0 Å². The molecule has 19 heavy (non-hydrogen) atoms. The van der Waals surface area contributed by atoms with E-state index in [2.05, 4.69) is 44.8 Å². The van der Waals surface area contributed by atoms with Crippen molar-refractivity contribution in [3.05, 3.63) is 0 Å². The fraction of sp³-hybridized carbons (Fsp3) is 1.00. The molecule has 1 aliphatic rings. The van der Waals surface area contributed by atoms with Crippen molar-refractivity contribution in [1.82, 2.24) is 10.2 Å². The van der Waals surface area contributed by atoms with Gasteiger partial charge in [-0.25, -0.2) is 0 Å². The third-order valence-electron chi connectivity index (χ3n) is 4.20. The molecule has 3 nitrogen and oxygen atoms in total. The lowest BCUT2D eigenvalue weighted by atomic mass is 9.84. The molecule has 0 aliphatic carbocycles. The maximum Gasteiger partial charge on any atom is 0.0622 e. The van der Waals surface area contributed by atoms with Gasteiger partial charge < -0.3 is 10.1 Å². The first-order valence-electron chi connectivity index (χ1n) is 8.06. The SMILES string of the molecule is CCCC(C)(CNC(C)C)CN1CCOCC1CC. The molecule has 0 aromatic carbocycles. The van der Waals surface area contributed by atoms with E-state index in [1.54, 1.807) is 0 Å². The van der Waals surface area contributed by atoms with Crippen LogP contribution >= 0.6 is 0 Å². The Hall–Kier alpha value is -0.120. The molecular weight excluding hydrogens is 236 g/mol. The molecule has 1 N–H and O–H groups in total. The Balaban J connectivity index is 2.59. The summed E-state index contributed by atoms with van der Waals surface area (Å²) in [7, 11) is 0. The predicted molar refractivity (Wildman–Crippen MR) is 82.6 cm³/mol. The van der Waals surface area contributed by atoms with Crippen LogP contribution in [0.15, 0.2) is 0 Å². The molecule has 0 radical (unpaired) electrons. The van der Waals surface area contributed by atoms with Gasteiger partial charge in [-0.2, -0.15) is 0 Å². The lowest BCUT2D eigenvalue weighted by Gasteiger charge is -2.42. The van der Waals surface area contributed by atoms with Gasteiger partial charge in [0, 0.05) is 31.7 Å². The molecule has 0 bridgehead atoms. The smallest absolute Gasteiger partial charge is 0.0622 e. The average Bonchev–Trinajstić information content (AvgIpc) is 2.37. The van der Waals surface area contributed by atoms with E-state index in [1.165, 1.54) is 25.8 Å². The highest BCUT2D eigenvalue weighted by molar-refractivity contribution is 4.85. The molecule has 1 saturated heterocycles. The van der Waals surface area contributed by atoms with E-state index in [0.717, 1.165) is 26.3 Å². The predicted octanol–water partition coefficient (Wildman–Crippen LogP) is 2.90. The largest absolute Gasteiger partial charge is 0.378 e. The van der Waals surface area contributed by atoms with Crippen molar-refractivity contribution in [2.24, 2.45) is 5.41 Å². The highest BCUT2D eigenvalue weighted by atomic mass is 16.5. The van der Waals surface area contributed by atoms with Crippen LogP contribution in [-0.2, 0) is 4.74 Å². The zero-order chi connectivity index (χ0) is 14.3. The molecule has 0 spiro atoms. The number of nitrogens with zero attached hydrogens (tertiary/aromatic N) is 1. The second-order valence-electron chi connectivity index (χ2n) is 6.70. The van der Waals surface area contributed by atoms with E-state index >= 15 is 0 Å². The summed E-state index contributed by atoms with van der Waals surface area (Å²) >= 11 is 0. The van der Waals surface area contributed by atoms with Gasteiger partial charge >= 0.3 is 0 Å². The van der Waals surface area contributed by atoms with Crippen molar-refractivity contribution in [1.29, 1.82) is 0 Å². The number of ether oxygens (including phenoxy) is 1. The van der Waals surface area contributed by atoms with Gasteiger partial charge in [0.1, 0.15) is 0 Å². The van der Waals surface area contributed by atoms with Gasteiger partial charge in [-0.1, -0.05) is 41.0 Å². The van der Waals surface area contributed by atoms with Crippen LogP contribution in [-0.4, -0.2) is 49.8 Å². The van der Waals surface area contributed by atoms with Gasteiger partial charge in [0.25, 0.3) is 0 Å². The molecule has 0 aromatic heterocycles. The molecule has 0 aromatic rings. The van der Waals surface area contributed by atoms with E-state index in [1.807, 2.05) is 0 Å². The standard InChI is InChI=1S/C16H34N2O/c1-6-8-16(5,12-17-14(3)4)13-18-9-10-19-11-15(18)7-2/h14-15,17H,6-13H2,1-5H3. The van der Waals surface area contributed by atoms with Crippen LogP contribution in [0, 0.1) is 5.41 Å². The summed E-state index contributed by atoms with van der Waals surface area (Å²) < 4.78 is 5.62. The van der Waals surface area contributed by atoms with E-state index < -0.39 is 0 Å². The van der Waals surface area contributed by atoms with Crippen LogP contribution in [0.25, 0.3) is 0 Å². The normalized spacial score (nSPS) is 24.6. The van der Waals surface area contributed by atoms with Gasteiger partial charge in [0.2, 0.25) is 0 Å². The summed E-state index contributed by atoms with van der Waals surface area (Å²) in [5, 5.41) is 3.64. The quantitative estimate of drug-likeness (QED) is 0.734. The molecule has 0 amide bonds. The van der Waals surface area contributed by atoms with E-state index in [9.17, 15) is 0 Å². The minimum atomic E-state index is 0.379. The Kier molecular flexibility index (Phi) is 7.33. The van der Waals surface area contributed by atoms with E-state index in [0.29, 0.717) is 17.5 Å². The van der Waals surface area contributed by atoms with Crippen LogP contribution in [0.1, 0.15) is 53.9 Å². The number of nitrogens with one attached hydrogen (secondary N) is 1. The molecular formula is C16H34N2O. The Morgan fingerprint density at radius 2 is 2.11 bits per heavy atom. The lowest BCUT2D eigenvalue weighted by molar-refractivity contribution is -0.0273. The molecule has 2 unspecified atom stereocenters. The summed E-state index contributed by atoms with van der Waals surface area (Å²) in [6.45, 7) is 16.7.